The van der Waals surface area contributed by atoms with E-state index < -0.39 is 0 Å². The van der Waals surface area contributed by atoms with Crippen LogP contribution < -0.4 is 29.6 Å². The summed E-state index contributed by atoms with van der Waals surface area (Å²) in [5.74, 6) is 10.0. The van der Waals surface area contributed by atoms with E-state index in [1.807, 2.05) is 21.1 Å². The topological polar surface area (TPSA) is 150 Å². The molecule has 2 aromatic carbocycles. The van der Waals surface area contributed by atoms with Gasteiger partial charge in [-0.25, -0.2) is 0 Å². The number of quaternary nitrogens is 2. The first-order valence-corrected chi connectivity index (χ1v) is 20.0. The van der Waals surface area contributed by atoms with Crippen LogP contribution in [0.5, 0.6) is 23.0 Å². The zero-order valence-electron chi connectivity index (χ0n) is 37.0. The van der Waals surface area contributed by atoms with Crippen molar-refractivity contribution in [2.75, 3.05) is 175 Å². The number of rotatable bonds is 32. The minimum absolute atomic E-state index is 0.197. The van der Waals surface area contributed by atoms with Crippen LogP contribution in [0.15, 0.2) is 30.3 Å². The van der Waals surface area contributed by atoms with Crippen molar-refractivity contribution in [2.45, 2.75) is 0 Å². The van der Waals surface area contributed by atoms with Gasteiger partial charge in [0, 0.05) is 26.4 Å². The zero-order valence-corrected chi connectivity index (χ0v) is 37.0. The van der Waals surface area contributed by atoms with Gasteiger partial charge >= 0.3 is 0 Å². The third-order valence-corrected chi connectivity index (χ3v) is 8.04. The van der Waals surface area contributed by atoms with E-state index in [1.54, 1.807) is 44.6 Å². The Balaban J connectivity index is 2.35. The first-order valence-electron chi connectivity index (χ1n) is 20.0. The van der Waals surface area contributed by atoms with Crippen molar-refractivity contribution in [1.82, 2.24) is 10.6 Å². The molecule has 0 heterocycles. The Kier molecular flexibility index (Phi) is 25.4. The van der Waals surface area contributed by atoms with Gasteiger partial charge in [-0.1, -0.05) is 17.8 Å². The maximum Gasteiger partial charge on any atom is 0.258 e. The molecule has 0 saturated carbocycles. The van der Waals surface area contributed by atoms with Crippen LogP contribution in [0.1, 0.15) is 16.7 Å². The summed E-state index contributed by atoms with van der Waals surface area (Å²) in [6.45, 7) is 6.70. The highest BCUT2D eigenvalue weighted by molar-refractivity contribution is 5.78. The molecule has 0 unspecified atom stereocenters. The van der Waals surface area contributed by atoms with E-state index in [1.165, 1.54) is 0 Å². The molecule has 0 aliphatic carbocycles. The summed E-state index contributed by atoms with van der Waals surface area (Å²) in [5, 5.41) is 5.77. The van der Waals surface area contributed by atoms with E-state index in [2.05, 4.69) is 49.5 Å². The van der Waals surface area contributed by atoms with Crippen molar-refractivity contribution in [3.05, 3.63) is 47.0 Å². The first kappa shape index (κ1) is 51.5. The van der Waals surface area contributed by atoms with Crippen molar-refractivity contribution in [3.8, 4) is 47.2 Å². The van der Waals surface area contributed by atoms with Gasteiger partial charge in [0.15, 0.2) is 13.2 Å². The van der Waals surface area contributed by atoms with E-state index in [9.17, 15) is 9.59 Å². The maximum atomic E-state index is 12.7. The molecule has 0 radical (unpaired) electrons. The molecule has 0 bridgehead atoms. The van der Waals surface area contributed by atoms with E-state index in [-0.39, 0.29) is 44.8 Å². The number of carbonyl (C=O) groups is 2. The second-order valence-electron chi connectivity index (χ2n) is 15.3. The van der Waals surface area contributed by atoms with Crippen LogP contribution in [0, 0.1) is 24.2 Å². The lowest BCUT2D eigenvalue weighted by Gasteiger charge is -2.23. The molecule has 0 aromatic heterocycles. The molecular formula is C44H68N4O12+2. The number of hydrogen-bond donors (Lipinski definition) is 2. The summed E-state index contributed by atoms with van der Waals surface area (Å²) in [7, 11) is 15.5. The fourth-order valence-corrected chi connectivity index (χ4v) is 4.77. The van der Waals surface area contributed by atoms with Crippen molar-refractivity contribution in [2.24, 2.45) is 0 Å². The van der Waals surface area contributed by atoms with Crippen LogP contribution in [0.25, 0.3) is 0 Å². The highest BCUT2D eigenvalue weighted by atomic mass is 16.6. The number of methoxy groups -OCH3 is 2. The maximum absolute atomic E-state index is 12.7. The lowest BCUT2D eigenvalue weighted by atomic mass is 10.1. The van der Waals surface area contributed by atoms with Gasteiger partial charge in [-0.05, 0) is 18.2 Å². The highest BCUT2D eigenvalue weighted by Crippen LogP contribution is 2.29. The number of nitrogens with one attached hydrogen (secondary N) is 2. The average molecular weight is 845 g/mol. The summed E-state index contributed by atoms with van der Waals surface area (Å²) in [4.78, 5) is 25.3. The number of hydrogen-bond acceptors (Lipinski definition) is 12. The van der Waals surface area contributed by atoms with Crippen LogP contribution in [0.4, 0.5) is 0 Å². The van der Waals surface area contributed by atoms with Crippen molar-refractivity contribution >= 4 is 11.8 Å². The number of carbonyl (C=O) groups excluding carboxylic acids is 2. The number of amides is 2. The molecule has 16 heteroatoms. The molecule has 0 aliphatic heterocycles. The van der Waals surface area contributed by atoms with Gasteiger partial charge in [0.05, 0.1) is 151 Å². The van der Waals surface area contributed by atoms with Gasteiger partial charge in [-0.2, -0.15) is 0 Å². The van der Waals surface area contributed by atoms with E-state index >= 15 is 0 Å². The number of likely N-dealkylation sites (N-methyl/N-ethyl adjacent to an activating group) is 2. The Labute approximate surface area is 357 Å². The molecule has 334 valence electrons. The third-order valence-electron chi connectivity index (χ3n) is 8.04. The van der Waals surface area contributed by atoms with Crippen LogP contribution >= 0.6 is 0 Å². The molecular weight excluding hydrogens is 776 g/mol. The molecule has 2 amide bonds. The second-order valence-corrected chi connectivity index (χ2v) is 15.3. The van der Waals surface area contributed by atoms with E-state index in [0.717, 1.165) is 13.1 Å². The number of ether oxygens (including phenoxy) is 10. The lowest BCUT2D eigenvalue weighted by molar-refractivity contribution is -0.869. The Morgan fingerprint density at radius 3 is 1.42 bits per heavy atom. The summed E-state index contributed by atoms with van der Waals surface area (Å²) >= 11 is 0. The average Bonchev–Trinajstić information content (AvgIpc) is 3.19. The Morgan fingerprint density at radius 2 is 0.950 bits per heavy atom. The Bertz CT molecular complexity index is 1660. The van der Waals surface area contributed by atoms with Gasteiger partial charge in [0.1, 0.15) is 36.2 Å². The third kappa shape index (κ3) is 24.5. The molecule has 2 aromatic rings. The first-order chi connectivity index (χ1) is 28.7. The van der Waals surface area contributed by atoms with E-state index in [4.69, 9.17) is 53.8 Å². The van der Waals surface area contributed by atoms with Crippen LogP contribution in [0.2, 0.25) is 0 Å². The Morgan fingerprint density at radius 1 is 0.533 bits per heavy atom. The van der Waals surface area contributed by atoms with E-state index in [0.29, 0.717) is 121 Å². The number of terminal acetylenes is 1. The molecule has 2 N–H and O–H groups in total. The van der Waals surface area contributed by atoms with Crippen molar-refractivity contribution < 1.29 is 65.9 Å². The molecule has 0 atom stereocenters. The second kappa shape index (κ2) is 29.6. The van der Waals surface area contributed by atoms with Crippen LogP contribution in [-0.4, -0.2) is 196 Å². The smallest absolute Gasteiger partial charge is 0.258 e. The minimum Gasteiger partial charge on any atom is -0.490 e. The molecule has 16 nitrogen and oxygen atoms in total. The largest absolute Gasteiger partial charge is 0.490 e. The van der Waals surface area contributed by atoms with Crippen LogP contribution in [0.3, 0.4) is 0 Å². The molecule has 0 spiro atoms. The predicted octanol–water partition coefficient (Wildman–Crippen LogP) is 1.59. The fourth-order valence-electron chi connectivity index (χ4n) is 4.77. The SMILES string of the molecule is C#Cc1cc(OCCOCCOCCOC)c(C#Cc2cc(OCC(=O)NCC[N+](C)(C)C)ccc2OCC(=O)NCC[N+](C)(C)C)cc1OCCOCCOCCOC. The molecule has 0 aliphatic rings. The zero-order chi connectivity index (χ0) is 44.1. The van der Waals surface area contributed by atoms with Crippen LogP contribution in [-0.2, 0) is 38.0 Å². The summed E-state index contributed by atoms with van der Waals surface area (Å²) < 4.78 is 57.6. The standard InChI is InChI=1S/C44H66N4O12/c1-10-36-32-42(58-30-28-56-26-24-54-22-20-52-9)38(33-41(36)57-29-27-55-25-23-53-21-19-51-8)12-11-37-31-39(59-34-43(49)45-15-17-47(2,3)4)13-14-40(37)60-35-44(50)46-16-18-48(5,6)7/h1,13-14,31-33H,15-30,34-35H2,2-9H3/p+2. The number of nitrogens with zero attached hydrogens (tertiary/aromatic N) is 2. The lowest BCUT2D eigenvalue weighted by Crippen LogP contribution is -2.42. The monoisotopic (exact) mass is 844 g/mol. The van der Waals surface area contributed by atoms with Gasteiger partial charge in [0.25, 0.3) is 11.8 Å². The molecule has 60 heavy (non-hydrogen) atoms. The fraction of sp³-hybridized carbons (Fsp3) is 0.591. The Hall–Kier alpha value is -4.62. The molecule has 0 fully saturated rings. The van der Waals surface area contributed by atoms with Gasteiger partial charge in [0.2, 0.25) is 0 Å². The summed E-state index contributed by atoms with van der Waals surface area (Å²) in [5.41, 5.74) is 1.33. The normalized spacial score (nSPS) is 11.2. The van der Waals surface area contributed by atoms with Crippen molar-refractivity contribution in [1.29, 1.82) is 0 Å². The quantitative estimate of drug-likeness (QED) is 0.0626. The molecule has 0 saturated heterocycles. The summed E-state index contributed by atoms with van der Waals surface area (Å²) in [6, 6.07) is 8.36. The molecule has 2 rings (SSSR count). The number of benzene rings is 2. The highest BCUT2D eigenvalue weighted by Gasteiger charge is 2.14. The minimum atomic E-state index is -0.276. The summed E-state index contributed by atoms with van der Waals surface area (Å²) in [6.07, 6.45) is 5.91. The van der Waals surface area contributed by atoms with Gasteiger partial charge in [-0.15, -0.1) is 6.42 Å². The van der Waals surface area contributed by atoms with Crippen molar-refractivity contribution in [3.63, 3.8) is 0 Å². The van der Waals surface area contributed by atoms with Gasteiger partial charge < -0.3 is 67.0 Å². The van der Waals surface area contributed by atoms with Gasteiger partial charge in [-0.3, -0.25) is 9.59 Å². The predicted molar refractivity (Wildman–Crippen MR) is 228 cm³/mol.